The quantitative estimate of drug-likeness (QED) is 0.0207. The number of nitrogens with one attached hydrogen (secondary N) is 2. The fourth-order valence-electron chi connectivity index (χ4n) is 9.11. The van der Waals surface area contributed by atoms with Crippen molar-refractivity contribution in [3.05, 3.63) is 159 Å². The summed E-state index contributed by atoms with van der Waals surface area (Å²) in [4.78, 5) is 15.6. The summed E-state index contributed by atoms with van der Waals surface area (Å²) in [6.07, 6.45) is 6.51. The fourth-order valence-corrected chi connectivity index (χ4v) is 13.2. The van der Waals surface area contributed by atoms with Crippen LogP contribution in [-0.2, 0) is 25.3 Å². The number of aromatic nitrogens is 1. The average molecular weight is 1010 g/mol. The Bertz CT molecular complexity index is 2960. The minimum Gasteiger partial charge on any atom is -0.396 e. The zero-order valence-corrected chi connectivity index (χ0v) is 43.2. The second-order valence-corrected chi connectivity index (χ2v) is 23.3. The second kappa shape index (κ2) is 22.6. The standard InChI is InChI=1S/C53H61ClN5O7PS2/c1-7-66-67(63,47-23-24-49(50(34-47)59(61)62)55-45(27-30-60)35-68-48-11-9-8-10-12-48)56-44-19-21-46(22-20-44)57-28-25-39(26-29-57)13-14-40-31-37(4)32-42(33-40)51-52(41-15-17-43(54)18-16-41)58(36(2)3)38(5)53(51)69(6,64)65/h8-12,15-25,31-34,36,45,55,60H,7,13-14,26-30,35H2,1-6H3,(H,56,63)/t45-,67?/m1/s1. The molecule has 1 aliphatic rings. The van der Waals surface area contributed by atoms with E-state index in [1.165, 1.54) is 17.9 Å². The third-order valence-corrected chi connectivity index (χ3v) is 17.0. The molecule has 7 rings (SSSR count). The Morgan fingerprint density at radius 1 is 0.942 bits per heavy atom. The van der Waals surface area contributed by atoms with Crippen LogP contribution in [0.1, 0.15) is 62.9 Å². The van der Waals surface area contributed by atoms with Crippen LogP contribution in [0.25, 0.3) is 22.4 Å². The second-order valence-electron chi connectivity index (χ2n) is 17.7. The topological polar surface area (TPSA) is 156 Å². The molecule has 16 heteroatoms. The van der Waals surface area contributed by atoms with Crippen molar-refractivity contribution in [1.29, 1.82) is 0 Å². The molecule has 0 amide bonds. The Kier molecular flexibility index (Phi) is 16.9. The van der Waals surface area contributed by atoms with E-state index < -0.39 is 22.3 Å². The maximum absolute atomic E-state index is 14.5. The van der Waals surface area contributed by atoms with E-state index in [1.54, 1.807) is 30.8 Å². The van der Waals surface area contributed by atoms with Crippen LogP contribution in [0.5, 0.6) is 0 Å². The van der Waals surface area contributed by atoms with Gasteiger partial charge in [0.15, 0.2) is 9.84 Å². The normalized spacial score (nSPS) is 14.3. The van der Waals surface area contributed by atoms with Crippen molar-refractivity contribution >= 4 is 68.8 Å². The molecule has 1 aromatic heterocycles. The lowest BCUT2D eigenvalue weighted by Gasteiger charge is -2.29. The van der Waals surface area contributed by atoms with Gasteiger partial charge < -0.3 is 29.5 Å². The first-order valence-electron chi connectivity index (χ1n) is 23.2. The van der Waals surface area contributed by atoms with Crippen molar-refractivity contribution in [2.75, 3.05) is 53.6 Å². The predicted molar refractivity (Wildman–Crippen MR) is 285 cm³/mol. The van der Waals surface area contributed by atoms with Gasteiger partial charge in [0.2, 0.25) is 0 Å². The maximum atomic E-state index is 14.5. The number of hydrogen-bond acceptors (Lipinski definition) is 10. The molecule has 1 unspecified atom stereocenters. The molecule has 0 aliphatic carbocycles. The van der Waals surface area contributed by atoms with Crippen molar-refractivity contribution in [3.8, 4) is 22.4 Å². The Morgan fingerprint density at radius 3 is 2.29 bits per heavy atom. The number of rotatable bonds is 21. The molecule has 0 radical (unpaired) electrons. The zero-order valence-electron chi connectivity index (χ0n) is 39.9. The molecule has 0 fully saturated rings. The Labute approximate surface area is 415 Å². The summed E-state index contributed by atoms with van der Waals surface area (Å²) in [7, 11) is -7.41. The number of sulfone groups is 1. The molecule has 364 valence electrons. The molecule has 69 heavy (non-hydrogen) atoms. The van der Waals surface area contributed by atoms with E-state index in [0.29, 0.717) is 33.5 Å². The Hall–Kier alpha value is -5.34. The van der Waals surface area contributed by atoms with Gasteiger partial charge in [-0.2, -0.15) is 0 Å². The molecule has 0 saturated heterocycles. The number of aryl methyl sites for hydroxylation is 2. The van der Waals surface area contributed by atoms with E-state index in [0.717, 1.165) is 76.4 Å². The van der Waals surface area contributed by atoms with E-state index in [9.17, 15) is 28.2 Å². The first-order valence-corrected chi connectivity index (χ1v) is 28.1. The largest absolute Gasteiger partial charge is 0.396 e. The SMILES string of the molecule is CCOP(=O)(Nc1ccc(N2CC=C(CCc3cc(C)cc(-c4c(S(C)(=O)=O)c(C)n(C(C)C)c4-c4ccc(Cl)cc4)c3)CC2)cc1)c1ccc(N[C@H](CCO)CSc2ccccc2)c([N+](=O)[O-])c1. The molecule has 0 saturated carbocycles. The van der Waals surface area contributed by atoms with Gasteiger partial charge in [0.1, 0.15) is 5.69 Å². The summed E-state index contributed by atoms with van der Waals surface area (Å²) < 4.78 is 49.5. The van der Waals surface area contributed by atoms with Gasteiger partial charge in [-0.15, -0.1) is 11.8 Å². The van der Waals surface area contributed by atoms with Crippen LogP contribution in [0.4, 0.5) is 22.7 Å². The van der Waals surface area contributed by atoms with Gasteiger partial charge >= 0.3 is 7.52 Å². The van der Waals surface area contributed by atoms with Crippen molar-refractivity contribution < 1.29 is 27.5 Å². The van der Waals surface area contributed by atoms with Crippen LogP contribution < -0.4 is 20.6 Å². The predicted octanol–water partition coefficient (Wildman–Crippen LogP) is 12.7. The van der Waals surface area contributed by atoms with E-state index in [1.807, 2.05) is 85.8 Å². The van der Waals surface area contributed by atoms with Crippen molar-refractivity contribution in [1.82, 2.24) is 4.57 Å². The Morgan fingerprint density at radius 2 is 1.67 bits per heavy atom. The number of aliphatic hydroxyl groups is 1. The lowest BCUT2D eigenvalue weighted by atomic mass is 9.94. The molecule has 0 bridgehead atoms. The third-order valence-electron chi connectivity index (χ3n) is 12.2. The van der Waals surface area contributed by atoms with Gasteiger partial charge in [-0.1, -0.05) is 77.3 Å². The average Bonchev–Trinajstić information content (AvgIpc) is 3.65. The molecule has 1 aliphatic heterocycles. The number of hydrogen-bond donors (Lipinski definition) is 3. The summed E-state index contributed by atoms with van der Waals surface area (Å²) >= 11 is 7.89. The number of nitrogens with zero attached hydrogens (tertiary/aromatic N) is 3. The molecule has 2 heterocycles. The molecular formula is C53H61ClN5O7PS2. The molecule has 6 aromatic rings. The van der Waals surface area contributed by atoms with Crippen LogP contribution in [0, 0.1) is 24.0 Å². The number of nitro groups is 1. The molecule has 3 N–H and O–H groups in total. The fraction of sp³-hybridized carbons (Fsp3) is 0.321. The van der Waals surface area contributed by atoms with Crippen LogP contribution in [0.2, 0.25) is 5.02 Å². The van der Waals surface area contributed by atoms with Crippen molar-refractivity contribution in [2.24, 2.45) is 0 Å². The monoisotopic (exact) mass is 1010 g/mol. The molecular weight excluding hydrogens is 949 g/mol. The smallest absolute Gasteiger partial charge is 0.324 e. The van der Waals surface area contributed by atoms with Gasteiger partial charge in [-0.05, 0) is 138 Å². The maximum Gasteiger partial charge on any atom is 0.324 e. The highest BCUT2D eigenvalue weighted by atomic mass is 35.5. The lowest BCUT2D eigenvalue weighted by Crippen LogP contribution is -2.28. The zero-order chi connectivity index (χ0) is 49.5. The van der Waals surface area contributed by atoms with Gasteiger partial charge in [-0.25, -0.2) is 8.42 Å². The summed E-state index contributed by atoms with van der Waals surface area (Å²) in [5.74, 6) is 0.573. The number of aliphatic hydroxyl groups excluding tert-OH is 1. The van der Waals surface area contributed by atoms with Crippen LogP contribution in [0.15, 0.2) is 137 Å². The summed E-state index contributed by atoms with van der Waals surface area (Å²) in [5.41, 5.74) is 9.21. The van der Waals surface area contributed by atoms with Gasteiger partial charge in [0.05, 0.1) is 27.4 Å². The highest BCUT2D eigenvalue weighted by molar-refractivity contribution is 7.99. The summed E-state index contributed by atoms with van der Waals surface area (Å²) in [5, 5.41) is 29.2. The minimum atomic E-state index is -3.81. The highest BCUT2D eigenvalue weighted by Gasteiger charge is 2.32. The van der Waals surface area contributed by atoms with E-state index in [2.05, 4.69) is 64.9 Å². The molecule has 2 atom stereocenters. The van der Waals surface area contributed by atoms with Crippen molar-refractivity contribution in [3.63, 3.8) is 0 Å². The van der Waals surface area contributed by atoms with E-state index >= 15 is 0 Å². The van der Waals surface area contributed by atoms with Crippen LogP contribution >= 0.6 is 30.9 Å². The highest BCUT2D eigenvalue weighted by Crippen LogP contribution is 2.48. The minimum absolute atomic E-state index is 0.0134. The van der Waals surface area contributed by atoms with E-state index in [4.69, 9.17) is 16.1 Å². The summed E-state index contributed by atoms with van der Waals surface area (Å²) in [6, 6.07) is 35.6. The molecule has 12 nitrogen and oxygen atoms in total. The number of halogens is 1. The third kappa shape index (κ3) is 12.5. The van der Waals surface area contributed by atoms with E-state index in [-0.39, 0.29) is 42.0 Å². The number of nitro benzene ring substituents is 1. The van der Waals surface area contributed by atoms with Crippen LogP contribution in [-0.4, -0.2) is 67.4 Å². The number of benzene rings is 5. The molecule has 5 aromatic carbocycles. The Balaban J connectivity index is 1.03. The van der Waals surface area contributed by atoms with Crippen molar-refractivity contribution in [2.45, 2.75) is 82.2 Å². The first-order chi connectivity index (χ1) is 33.0. The van der Waals surface area contributed by atoms with Crippen LogP contribution in [0.3, 0.4) is 0 Å². The van der Waals surface area contributed by atoms with Gasteiger partial charge in [0, 0.05) is 82.4 Å². The first kappa shape index (κ1) is 51.5. The number of thioether (sulfide) groups is 1. The van der Waals surface area contributed by atoms with Gasteiger partial charge in [0.25, 0.3) is 5.69 Å². The lowest BCUT2D eigenvalue weighted by molar-refractivity contribution is -0.383. The number of anilines is 3. The van der Waals surface area contributed by atoms with Gasteiger partial charge in [-0.3, -0.25) is 14.7 Å². The molecule has 0 spiro atoms. The summed E-state index contributed by atoms with van der Waals surface area (Å²) in [6.45, 7) is 11.4.